The summed E-state index contributed by atoms with van der Waals surface area (Å²) in [6.07, 6.45) is -0.951. The van der Waals surface area contributed by atoms with Crippen LogP contribution in [0.4, 0.5) is 5.69 Å². The van der Waals surface area contributed by atoms with Gasteiger partial charge >= 0.3 is 7.82 Å². The number of benzene rings is 1. The lowest BCUT2D eigenvalue weighted by molar-refractivity contribution is -0.384. The number of hydrogen-bond donors (Lipinski definition) is 1. The monoisotopic (exact) mass is 276 g/mol. The van der Waals surface area contributed by atoms with Crippen molar-refractivity contribution in [2.24, 2.45) is 0 Å². The average Bonchev–Trinajstić information content (AvgIpc) is 2.27. The van der Waals surface area contributed by atoms with Gasteiger partial charge in [0, 0.05) is 12.1 Å². The van der Waals surface area contributed by atoms with E-state index < -0.39 is 25.5 Å². The molecule has 0 aliphatic rings. The second-order valence-corrected chi connectivity index (χ2v) is 4.77. The normalized spacial score (nSPS) is 15.7. The molecule has 1 N–H and O–H groups in total. The van der Waals surface area contributed by atoms with Gasteiger partial charge in [-0.2, -0.15) is 0 Å². The van der Waals surface area contributed by atoms with Crippen LogP contribution in [0.2, 0.25) is 0 Å². The molecule has 0 aliphatic carbocycles. The summed E-state index contributed by atoms with van der Waals surface area (Å²) in [5.41, 5.74) is -0.187. The van der Waals surface area contributed by atoms with Crippen molar-refractivity contribution in [3.8, 4) is 5.75 Å². The molecule has 0 saturated carbocycles. The van der Waals surface area contributed by atoms with Gasteiger partial charge in [0.25, 0.3) is 5.69 Å². The standard InChI is InChI=1S/C9H12NO7P/c1-7(11)6-16-18(14,15)17-9-4-2-8(3-5-9)10(12)13/h2-5,7,11H,6H2,1H3,(H,14,15)/p-1. The first-order valence-corrected chi connectivity index (χ1v) is 6.34. The van der Waals surface area contributed by atoms with Crippen LogP contribution in [-0.2, 0) is 9.09 Å². The SMILES string of the molecule is CC(O)COP(=O)([O-])Oc1ccc([N+](=O)[O-])cc1. The number of phosphoric ester groups is 1. The van der Waals surface area contributed by atoms with E-state index in [9.17, 15) is 19.6 Å². The van der Waals surface area contributed by atoms with Crippen molar-refractivity contribution in [1.29, 1.82) is 0 Å². The Bertz CT molecular complexity index is 458. The molecular formula is C9H11NO7P-. The lowest BCUT2D eigenvalue weighted by Gasteiger charge is -2.23. The molecular weight excluding hydrogens is 265 g/mol. The molecule has 0 aromatic heterocycles. The molecule has 2 atom stereocenters. The number of aliphatic hydroxyl groups is 1. The number of nitro groups is 1. The summed E-state index contributed by atoms with van der Waals surface area (Å²) in [5.74, 6) is -0.107. The zero-order valence-corrected chi connectivity index (χ0v) is 10.3. The third-order valence-corrected chi connectivity index (χ3v) is 2.64. The molecule has 0 bridgehead atoms. The number of nitro benzene ring substituents is 1. The maximum atomic E-state index is 11.3. The molecule has 2 unspecified atom stereocenters. The minimum Gasteiger partial charge on any atom is -0.746 e. The van der Waals surface area contributed by atoms with Gasteiger partial charge in [-0.25, -0.2) is 0 Å². The Kier molecular flexibility index (Phi) is 4.80. The summed E-state index contributed by atoms with van der Waals surface area (Å²) >= 11 is 0. The van der Waals surface area contributed by atoms with E-state index in [0.717, 1.165) is 24.3 Å². The predicted octanol–water partition coefficient (Wildman–Crippen LogP) is 0.839. The molecule has 0 saturated heterocycles. The van der Waals surface area contributed by atoms with Crippen molar-refractivity contribution < 1.29 is 28.5 Å². The van der Waals surface area contributed by atoms with Crippen LogP contribution in [0.1, 0.15) is 6.92 Å². The van der Waals surface area contributed by atoms with Gasteiger partial charge < -0.3 is 19.0 Å². The van der Waals surface area contributed by atoms with Crippen LogP contribution in [0.3, 0.4) is 0 Å². The van der Waals surface area contributed by atoms with Crippen molar-refractivity contribution in [2.75, 3.05) is 6.61 Å². The summed E-state index contributed by atoms with van der Waals surface area (Å²) in [5, 5.41) is 19.2. The van der Waals surface area contributed by atoms with Crippen molar-refractivity contribution >= 4 is 13.5 Å². The van der Waals surface area contributed by atoms with E-state index in [2.05, 4.69) is 9.05 Å². The highest BCUT2D eigenvalue weighted by molar-refractivity contribution is 7.46. The second kappa shape index (κ2) is 5.92. The summed E-state index contributed by atoms with van der Waals surface area (Å²) < 4.78 is 20.2. The van der Waals surface area contributed by atoms with Crippen molar-refractivity contribution in [1.82, 2.24) is 0 Å². The number of phosphoric acid groups is 1. The molecule has 0 fully saturated rings. The van der Waals surface area contributed by atoms with Gasteiger partial charge in [0.2, 0.25) is 0 Å². The molecule has 0 radical (unpaired) electrons. The van der Waals surface area contributed by atoms with E-state index in [1.807, 2.05) is 0 Å². The van der Waals surface area contributed by atoms with Crippen LogP contribution in [0.5, 0.6) is 5.75 Å². The maximum Gasteiger partial charge on any atom is 0.319 e. The molecule has 1 rings (SSSR count). The van der Waals surface area contributed by atoms with Crippen LogP contribution in [0, 0.1) is 10.1 Å². The van der Waals surface area contributed by atoms with E-state index in [4.69, 9.17) is 5.11 Å². The molecule has 0 heterocycles. The first kappa shape index (κ1) is 14.6. The van der Waals surface area contributed by atoms with Gasteiger partial charge in [0.15, 0.2) is 0 Å². The Balaban J connectivity index is 2.66. The van der Waals surface area contributed by atoms with Gasteiger partial charge in [-0.05, 0) is 19.1 Å². The predicted molar refractivity (Wildman–Crippen MR) is 59.0 cm³/mol. The highest BCUT2D eigenvalue weighted by Gasteiger charge is 2.13. The van der Waals surface area contributed by atoms with Crippen molar-refractivity contribution in [2.45, 2.75) is 13.0 Å². The molecule has 9 heteroatoms. The Morgan fingerprint density at radius 1 is 1.44 bits per heavy atom. The number of aliphatic hydroxyl groups excluding tert-OH is 1. The zero-order valence-electron chi connectivity index (χ0n) is 9.38. The third-order valence-electron chi connectivity index (χ3n) is 1.74. The van der Waals surface area contributed by atoms with Crippen LogP contribution in [0.25, 0.3) is 0 Å². The summed E-state index contributed by atoms with van der Waals surface area (Å²) in [4.78, 5) is 21.0. The summed E-state index contributed by atoms with van der Waals surface area (Å²) in [7, 11) is -4.59. The Morgan fingerprint density at radius 2 is 2.00 bits per heavy atom. The lowest BCUT2D eigenvalue weighted by Crippen LogP contribution is -2.16. The number of nitrogens with zero attached hydrogens (tertiary/aromatic N) is 1. The van der Waals surface area contributed by atoms with Gasteiger partial charge in [-0.1, -0.05) is 0 Å². The van der Waals surface area contributed by atoms with Crippen LogP contribution < -0.4 is 9.42 Å². The molecule has 0 aliphatic heterocycles. The van der Waals surface area contributed by atoms with Gasteiger partial charge in [0.05, 0.1) is 17.6 Å². The van der Waals surface area contributed by atoms with E-state index in [-0.39, 0.29) is 11.4 Å². The van der Waals surface area contributed by atoms with E-state index >= 15 is 0 Å². The van der Waals surface area contributed by atoms with Gasteiger partial charge in [-0.15, -0.1) is 0 Å². The smallest absolute Gasteiger partial charge is 0.319 e. The quantitative estimate of drug-likeness (QED) is 0.464. The number of hydrogen-bond acceptors (Lipinski definition) is 7. The molecule has 100 valence electrons. The summed E-state index contributed by atoms with van der Waals surface area (Å²) in [6.45, 7) is 0.930. The molecule has 18 heavy (non-hydrogen) atoms. The molecule has 8 nitrogen and oxygen atoms in total. The Labute approximate surface area is 103 Å². The van der Waals surface area contributed by atoms with Crippen LogP contribution >= 0.6 is 7.82 Å². The van der Waals surface area contributed by atoms with Gasteiger partial charge in [0.1, 0.15) is 5.75 Å². The fraction of sp³-hybridized carbons (Fsp3) is 0.333. The van der Waals surface area contributed by atoms with Crippen molar-refractivity contribution in [3.63, 3.8) is 0 Å². The molecule has 1 aromatic carbocycles. The average molecular weight is 276 g/mol. The van der Waals surface area contributed by atoms with E-state index in [0.29, 0.717) is 0 Å². The largest absolute Gasteiger partial charge is 0.746 e. The Morgan fingerprint density at radius 3 is 2.44 bits per heavy atom. The first-order chi connectivity index (χ1) is 8.30. The Hall–Kier alpha value is -1.47. The van der Waals surface area contributed by atoms with Gasteiger partial charge in [-0.3, -0.25) is 14.7 Å². The van der Waals surface area contributed by atoms with Crippen molar-refractivity contribution in [3.05, 3.63) is 34.4 Å². The topological polar surface area (TPSA) is 122 Å². The first-order valence-electron chi connectivity index (χ1n) is 4.88. The fourth-order valence-electron chi connectivity index (χ4n) is 0.983. The van der Waals surface area contributed by atoms with Crippen LogP contribution in [0.15, 0.2) is 24.3 Å². The minimum atomic E-state index is -4.59. The summed E-state index contributed by atoms with van der Waals surface area (Å²) in [6, 6.07) is 4.47. The minimum absolute atomic E-state index is 0.107. The van der Waals surface area contributed by atoms with E-state index in [1.165, 1.54) is 6.92 Å². The van der Waals surface area contributed by atoms with Crippen LogP contribution in [-0.4, -0.2) is 22.7 Å². The maximum absolute atomic E-state index is 11.3. The third kappa shape index (κ3) is 4.80. The highest BCUT2D eigenvalue weighted by atomic mass is 31.2. The zero-order chi connectivity index (χ0) is 13.8. The number of rotatable bonds is 6. The molecule has 1 aromatic rings. The van der Waals surface area contributed by atoms with E-state index in [1.54, 1.807) is 0 Å². The second-order valence-electron chi connectivity index (χ2n) is 3.43. The lowest BCUT2D eigenvalue weighted by atomic mass is 10.3. The number of non-ortho nitro benzene ring substituents is 1. The fourth-order valence-corrected chi connectivity index (χ4v) is 1.81. The highest BCUT2D eigenvalue weighted by Crippen LogP contribution is 2.39. The molecule has 0 amide bonds. The molecule has 0 spiro atoms.